The van der Waals surface area contributed by atoms with Crippen molar-refractivity contribution in [3.05, 3.63) is 65.2 Å². The van der Waals surface area contributed by atoms with Crippen LogP contribution in [0.4, 0.5) is 5.69 Å². The van der Waals surface area contributed by atoms with E-state index in [1.54, 1.807) is 4.90 Å². The molecule has 45 heavy (non-hydrogen) atoms. The van der Waals surface area contributed by atoms with E-state index < -0.39 is 16.1 Å². The van der Waals surface area contributed by atoms with Crippen LogP contribution in [0.15, 0.2) is 48.5 Å². The Morgan fingerprint density at radius 2 is 1.56 bits per heavy atom. The zero-order chi connectivity index (χ0) is 31.8. The van der Waals surface area contributed by atoms with Crippen molar-refractivity contribution in [2.24, 2.45) is 17.8 Å². The molecule has 2 aromatic carbocycles. The predicted molar refractivity (Wildman–Crippen MR) is 179 cm³/mol. The normalized spacial score (nSPS) is 26.8. The molecule has 5 aliphatic rings. The van der Waals surface area contributed by atoms with E-state index in [1.165, 1.54) is 54.8 Å². The van der Waals surface area contributed by atoms with Crippen molar-refractivity contribution < 1.29 is 18.0 Å². The van der Waals surface area contributed by atoms with Gasteiger partial charge in [-0.25, -0.2) is 8.42 Å². The van der Waals surface area contributed by atoms with Crippen molar-refractivity contribution in [1.82, 2.24) is 10.2 Å². The molecule has 5 fully saturated rings. The largest absolute Gasteiger partial charge is 0.352 e. The zero-order valence-electron chi connectivity index (χ0n) is 27.3. The molecule has 0 heterocycles. The molecule has 2 amide bonds. The summed E-state index contributed by atoms with van der Waals surface area (Å²) in [6.45, 7) is 3.80. The van der Waals surface area contributed by atoms with Crippen LogP contribution in [0.5, 0.6) is 0 Å². The lowest BCUT2D eigenvalue weighted by atomic mass is 9.48. The molecule has 7 rings (SSSR count). The van der Waals surface area contributed by atoms with Gasteiger partial charge in [0.1, 0.15) is 12.6 Å². The number of rotatable bonds is 11. The molecule has 1 atom stereocenters. The first-order chi connectivity index (χ1) is 21.5. The second-order valence-corrected chi connectivity index (χ2v) is 16.7. The molecular weight excluding hydrogens is 582 g/mol. The Kier molecular flexibility index (Phi) is 9.33. The number of nitrogens with one attached hydrogen (secondary N) is 1. The van der Waals surface area contributed by atoms with Gasteiger partial charge in [0, 0.05) is 12.6 Å². The molecule has 8 heteroatoms. The van der Waals surface area contributed by atoms with Gasteiger partial charge in [-0.15, -0.1) is 0 Å². The summed E-state index contributed by atoms with van der Waals surface area (Å²) in [5.41, 5.74) is 4.00. The van der Waals surface area contributed by atoms with Crippen LogP contribution in [0.1, 0.15) is 101 Å². The summed E-state index contributed by atoms with van der Waals surface area (Å²) in [4.78, 5) is 29.4. The maximum Gasteiger partial charge on any atom is 0.244 e. The van der Waals surface area contributed by atoms with Gasteiger partial charge in [-0.05, 0) is 111 Å². The highest BCUT2D eigenvalue weighted by molar-refractivity contribution is 7.92. The van der Waals surface area contributed by atoms with Gasteiger partial charge in [0.2, 0.25) is 21.8 Å². The van der Waals surface area contributed by atoms with E-state index in [0.29, 0.717) is 12.1 Å². The first-order valence-corrected chi connectivity index (χ1v) is 19.1. The summed E-state index contributed by atoms with van der Waals surface area (Å²) in [5, 5.41) is 3.21. The minimum absolute atomic E-state index is 0.122. The van der Waals surface area contributed by atoms with Crippen LogP contribution in [0, 0.1) is 24.7 Å². The Morgan fingerprint density at radius 1 is 0.933 bits per heavy atom. The van der Waals surface area contributed by atoms with Crippen LogP contribution < -0.4 is 9.62 Å². The summed E-state index contributed by atoms with van der Waals surface area (Å²) in [6.07, 6.45) is 14.7. The number of nitrogens with zero attached hydrogens (tertiary/aromatic N) is 2. The molecule has 7 nitrogen and oxygen atoms in total. The van der Waals surface area contributed by atoms with Gasteiger partial charge < -0.3 is 10.2 Å². The number of carbonyl (C=O) groups excluding carboxylic acids is 2. The summed E-state index contributed by atoms with van der Waals surface area (Å²) in [6, 6.07) is 15.4. The number of sulfonamides is 1. The first-order valence-electron chi connectivity index (χ1n) is 17.3. The van der Waals surface area contributed by atoms with E-state index in [1.807, 2.05) is 50.2 Å². The third-order valence-corrected chi connectivity index (χ3v) is 12.4. The zero-order valence-corrected chi connectivity index (χ0v) is 28.2. The van der Waals surface area contributed by atoms with Crippen molar-refractivity contribution in [2.45, 2.75) is 115 Å². The number of aryl methyl sites for hydroxylation is 1. The fourth-order valence-electron chi connectivity index (χ4n) is 9.53. The fourth-order valence-corrected chi connectivity index (χ4v) is 10.4. The van der Waals surface area contributed by atoms with Gasteiger partial charge in [0.15, 0.2) is 0 Å². The van der Waals surface area contributed by atoms with Crippen molar-refractivity contribution in [3.8, 4) is 0 Å². The van der Waals surface area contributed by atoms with Crippen molar-refractivity contribution >= 4 is 27.5 Å². The van der Waals surface area contributed by atoms with Crippen LogP contribution in [0.3, 0.4) is 0 Å². The monoisotopic (exact) mass is 633 g/mol. The highest BCUT2D eigenvalue weighted by Gasteiger charge is 2.51. The van der Waals surface area contributed by atoms with Crippen molar-refractivity contribution in [1.29, 1.82) is 0 Å². The Labute approximate surface area is 270 Å². The summed E-state index contributed by atoms with van der Waals surface area (Å²) < 4.78 is 27.6. The quantitative estimate of drug-likeness (QED) is 0.307. The smallest absolute Gasteiger partial charge is 0.244 e. The summed E-state index contributed by atoms with van der Waals surface area (Å²) in [5.74, 6) is 1.93. The third-order valence-electron chi connectivity index (χ3n) is 11.3. The Morgan fingerprint density at radius 3 is 2.11 bits per heavy atom. The van der Waals surface area contributed by atoms with E-state index in [4.69, 9.17) is 0 Å². The molecule has 4 bridgehead atoms. The van der Waals surface area contributed by atoms with E-state index in [2.05, 4.69) is 17.4 Å². The lowest BCUT2D eigenvalue weighted by Crippen LogP contribution is -2.54. The maximum atomic E-state index is 14.2. The number of benzene rings is 2. The number of amides is 2. The van der Waals surface area contributed by atoms with Gasteiger partial charge in [-0.1, -0.05) is 68.1 Å². The molecule has 0 aromatic heterocycles. The van der Waals surface area contributed by atoms with E-state index in [9.17, 15) is 18.0 Å². The van der Waals surface area contributed by atoms with Crippen LogP contribution >= 0.6 is 0 Å². The minimum atomic E-state index is -3.77. The summed E-state index contributed by atoms with van der Waals surface area (Å²) in [7, 11) is -3.77. The fraction of sp³-hybridized carbons (Fsp3) is 0.622. The highest BCUT2D eigenvalue weighted by Crippen LogP contribution is 2.60. The lowest BCUT2D eigenvalue weighted by molar-refractivity contribution is -0.140. The van der Waals surface area contributed by atoms with Gasteiger partial charge in [0.25, 0.3) is 0 Å². The number of hydrogen-bond acceptors (Lipinski definition) is 4. The van der Waals surface area contributed by atoms with E-state index in [0.717, 1.165) is 60.8 Å². The number of hydrogen-bond donors (Lipinski definition) is 1. The van der Waals surface area contributed by atoms with Crippen LogP contribution in [-0.2, 0) is 31.6 Å². The molecule has 2 aromatic rings. The SMILES string of the molecule is CCC(C(=O)NC1CCCCC1)N(Cc1cccc(C)c1)C(=O)CN(c1ccc(C23CC4CC(CC(C4)C2)C3)cc1)S(C)(=O)=O. The molecule has 5 saturated carbocycles. The molecule has 0 radical (unpaired) electrons. The molecule has 1 unspecified atom stereocenters. The predicted octanol–water partition coefficient (Wildman–Crippen LogP) is 6.49. The molecule has 244 valence electrons. The van der Waals surface area contributed by atoms with Crippen LogP contribution in [-0.4, -0.2) is 50.0 Å². The molecule has 0 aliphatic heterocycles. The maximum absolute atomic E-state index is 14.2. The molecular formula is C37H51N3O4S. The lowest BCUT2D eigenvalue weighted by Gasteiger charge is -2.57. The van der Waals surface area contributed by atoms with E-state index >= 15 is 0 Å². The van der Waals surface area contributed by atoms with Gasteiger partial charge >= 0.3 is 0 Å². The molecule has 0 spiro atoms. The van der Waals surface area contributed by atoms with Gasteiger partial charge in [-0.2, -0.15) is 0 Å². The average Bonchev–Trinajstić information content (AvgIpc) is 2.99. The van der Waals surface area contributed by atoms with Crippen LogP contribution in [0.2, 0.25) is 0 Å². The Bertz CT molecular complexity index is 1450. The van der Waals surface area contributed by atoms with Gasteiger partial charge in [-0.3, -0.25) is 13.9 Å². The van der Waals surface area contributed by atoms with Crippen molar-refractivity contribution in [2.75, 3.05) is 17.1 Å². The molecule has 1 N–H and O–H groups in total. The second-order valence-electron chi connectivity index (χ2n) is 14.8. The van der Waals surface area contributed by atoms with Crippen LogP contribution in [0.25, 0.3) is 0 Å². The number of anilines is 1. The standard InChI is InChI=1S/C37H51N3O4S/c1-4-34(36(42)38-32-11-6-5-7-12-32)39(24-27-10-8-9-26(2)17-27)35(41)25-40(45(3,43)44)33-15-13-31(14-16-33)37-21-28-18-29(22-37)20-30(19-28)23-37/h8-10,13-17,28-30,32,34H,4-7,11-12,18-25H2,1-3H3,(H,38,42). The van der Waals surface area contributed by atoms with Crippen molar-refractivity contribution in [3.63, 3.8) is 0 Å². The topological polar surface area (TPSA) is 86.8 Å². The average molecular weight is 634 g/mol. The molecule has 5 aliphatic carbocycles. The number of carbonyl (C=O) groups is 2. The Balaban J connectivity index is 1.24. The van der Waals surface area contributed by atoms with E-state index in [-0.39, 0.29) is 36.4 Å². The highest BCUT2D eigenvalue weighted by atomic mass is 32.2. The Hall–Kier alpha value is -2.87. The molecule has 0 saturated heterocycles. The second kappa shape index (κ2) is 13.1. The summed E-state index contributed by atoms with van der Waals surface area (Å²) >= 11 is 0. The first kappa shape index (κ1) is 32.1. The third kappa shape index (κ3) is 7.11. The van der Waals surface area contributed by atoms with Gasteiger partial charge in [0.05, 0.1) is 11.9 Å². The minimum Gasteiger partial charge on any atom is -0.352 e.